The molecule has 1 atom stereocenters. The zero-order chi connectivity index (χ0) is 22.2. The van der Waals surface area contributed by atoms with Gasteiger partial charge in [-0.15, -0.1) is 0 Å². The number of fused-ring (bicyclic) bond motifs is 1. The minimum atomic E-state index is -4.47. The molecule has 5 rings (SSSR count). The second-order valence-corrected chi connectivity index (χ2v) is 8.62. The lowest BCUT2D eigenvalue weighted by Crippen LogP contribution is -2.56. The molecule has 2 N–H and O–H groups in total. The fourth-order valence-electron chi connectivity index (χ4n) is 4.59. The van der Waals surface area contributed by atoms with Crippen molar-refractivity contribution in [3.05, 3.63) is 40.6 Å². The number of benzene rings is 1. The topological polar surface area (TPSA) is 64.3 Å². The van der Waals surface area contributed by atoms with Crippen molar-refractivity contribution in [3.63, 3.8) is 0 Å². The molecule has 2 aliphatic heterocycles. The summed E-state index contributed by atoms with van der Waals surface area (Å²) in [6.45, 7) is 2.71. The molecule has 0 unspecified atom stereocenters. The van der Waals surface area contributed by atoms with Gasteiger partial charge in [-0.3, -0.25) is 0 Å². The molecule has 166 valence electrons. The number of hydrogen-bond acceptors (Lipinski definition) is 5. The summed E-state index contributed by atoms with van der Waals surface area (Å²) < 4.78 is 74.1. The van der Waals surface area contributed by atoms with Crippen LogP contribution in [0, 0.1) is 6.92 Å². The van der Waals surface area contributed by atoms with Crippen molar-refractivity contribution in [1.29, 1.82) is 0 Å². The molecule has 10 heteroatoms. The van der Waals surface area contributed by atoms with Crippen LogP contribution < -0.4 is 10.6 Å². The van der Waals surface area contributed by atoms with Gasteiger partial charge in [-0.1, -0.05) is 12.1 Å². The van der Waals surface area contributed by atoms with Crippen LogP contribution in [0.3, 0.4) is 0 Å². The van der Waals surface area contributed by atoms with Crippen molar-refractivity contribution < 1.29 is 26.7 Å². The molecule has 0 bridgehead atoms. The third kappa shape index (κ3) is 3.18. The van der Waals surface area contributed by atoms with Gasteiger partial charge >= 0.3 is 6.18 Å². The standard InChI is InChI=1S/C21H21F5N4O/c1-11-8-12(2-3-14(11)19(27)9-31-10-19)16-13-4-6-20(22,23)17(13)29-18(28-16)30-7-5-15(30)21(24,25)26/h2-3,8,15H,4-7,9-10,27H2,1H3/t15-/m1/s1. The van der Waals surface area contributed by atoms with E-state index in [1.807, 2.05) is 13.0 Å². The molecule has 0 amide bonds. The Labute approximate surface area is 175 Å². The van der Waals surface area contributed by atoms with Crippen molar-refractivity contribution in [3.8, 4) is 11.3 Å². The molecule has 0 saturated carbocycles. The Kier molecular flexibility index (Phi) is 4.37. The number of hydrogen-bond donors (Lipinski definition) is 1. The lowest BCUT2D eigenvalue weighted by atomic mass is 9.85. The summed E-state index contributed by atoms with van der Waals surface area (Å²) in [6, 6.07) is 3.59. The van der Waals surface area contributed by atoms with E-state index < -0.39 is 35.8 Å². The lowest BCUT2D eigenvalue weighted by Gasteiger charge is -2.42. The molecule has 1 aliphatic carbocycles. The van der Waals surface area contributed by atoms with Crippen LogP contribution in [0.15, 0.2) is 18.2 Å². The fraction of sp³-hybridized carbons (Fsp3) is 0.524. The van der Waals surface area contributed by atoms with Crippen LogP contribution in [0.1, 0.15) is 35.2 Å². The summed E-state index contributed by atoms with van der Waals surface area (Å²) in [4.78, 5) is 9.22. The van der Waals surface area contributed by atoms with E-state index in [4.69, 9.17) is 10.5 Å². The normalized spacial score (nSPS) is 23.8. The second kappa shape index (κ2) is 6.59. The quantitative estimate of drug-likeness (QED) is 0.736. The molecule has 31 heavy (non-hydrogen) atoms. The SMILES string of the molecule is Cc1cc(-c2nc(N3CC[C@@H]3C(F)(F)F)nc3c2CCC3(F)F)ccc1C1(N)COC1. The highest BCUT2D eigenvalue weighted by Gasteiger charge is 2.51. The first-order valence-electron chi connectivity index (χ1n) is 10.1. The van der Waals surface area contributed by atoms with Crippen LogP contribution in [0.2, 0.25) is 0 Å². The van der Waals surface area contributed by atoms with Gasteiger partial charge in [-0.2, -0.15) is 22.0 Å². The lowest BCUT2D eigenvalue weighted by molar-refractivity contribution is -0.160. The minimum absolute atomic E-state index is 0.0656. The molecule has 2 fully saturated rings. The van der Waals surface area contributed by atoms with E-state index in [0.29, 0.717) is 24.3 Å². The van der Waals surface area contributed by atoms with E-state index in [-0.39, 0.29) is 31.0 Å². The number of ether oxygens (including phenoxy) is 1. The number of aryl methyl sites for hydroxylation is 1. The van der Waals surface area contributed by atoms with E-state index in [9.17, 15) is 22.0 Å². The Morgan fingerprint density at radius 1 is 1.19 bits per heavy atom. The molecule has 1 aromatic carbocycles. The predicted octanol–water partition coefficient (Wildman–Crippen LogP) is 3.82. The highest BCUT2D eigenvalue weighted by Crippen LogP contribution is 2.46. The van der Waals surface area contributed by atoms with Crippen molar-refractivity contribution in [2.75, 3.05) is 24.7 Å². The molecule has 2 aromatic rings. The van der Waals surface area contributed by atoms with Crippen molar-refractivity contribution in [1.82, 2.24) is 9.97 Å². The van der Waals surface area contributed by atoms with E-state index >= 15 is 0 Å². The maximum atomic E-state index is 14.5. The van der Waals surface area contributed by atoms with E-state index in [1.54, 1.807) is 12.1 Å². The number of rotatable bonds is 3. The van der Waals surface area contributed by atoms with Gasteiger partial charge in [0.15, 0.2) is 0 Å². The summed E-state index contributed by atoms with van der Waals surface area (Å²) in [6.07, 6.45) is -4.95. The number of anilines is 1. The summed E-state index contributed by atoms with van der Waals surface area (Å²) in [5.41, 5.74) is 8.11. The van der Waals surface area contributed by atoms with Gasteiger partial charge in [0.25, 0.3) is 5.92 Å². The fourth-order valence-corrected chi connectivity index (χ4v) is 4.59. The van der Waals surface area contributed by atoms with Gasteiger partial charge in [0.2, 0.25) is 5.95 Å². The highest BCUT2D eigenvalue weighted by atomic mass is 19.4. The highest BCUT2D eigenvalue weighted by molar-refractivity contribution is 5.69. The van der Waals surface area contributed by atoms with E-state index in [2.05, 4.69) is 9.97 Å². The van der Waals surface area contributed by atoms with Crippen molar-refractivity contribution >= 4 is 5.95 Å². The Morgan fingerprint density at radius 2 is 1.94 bits per heavy atom. The first kappa shape index (κ1) is 20.6. The first-order valence-corrected chi connectivity index (χ1v) is 10.1. The third-order valence-corrected chi connectivity index (χ3v) is 6.44. The Morgan fingerprint density at radius 3 is 2.48 bits per heavy atom. The van der Waals surface area contributed by atoms with Gasteiger partial charge < -0.3 is 15.4 Å². The summed E-state index contributed by atoms with van der Waals surface area (Å²) in [7, 11) is 0. The molecule has 0 radical (unpaired) electrons. The minimum Gasteiger partial charge on any atom is -0.377 e. The number of nitrogens with two attached hydrogens (primary N) is 1. The molecule has 2 saturated heterocycles. The van der Waals surface area contributed by atoms with Crippen LogP contribution in [-0.4, -0.2) is 41.9 Å². The van der Waals surface area contributed by atoms with Crippen LogP contribution in [0.5, 0.6) is 0 Å². The molecule has 5 nitrogen and oxygen atoms in total. The maximum Gasteiger partial charge on any atom is 0.408 e. The van der Waals surface area contributed by atoms with Crippen LogP contribution in [-0.2, 0) is 22.6 Å². The van der Waals surface area contributed by atoms with Crippen LogP contribution >= 0.6 is 0 Å². The number of alkyl halides is 5. The van der Waals surface area contributed by atoms with Crippen LogP contribution in [0.4, 0.5) is 27.9 Å². The van der Waals surface area contributed by atoms with Gasteiger partial charge in [0.1, 0.15) is 11.7 Å². The zero-order valence-corrected chi connectivity index (χ0v) is 16.8. The number of nitrogens with zero attached hydrogens (tertiary/aromatic N) is 3. The average Bonchev–Trinajstić information content (AvgIpc) is 2.92. The van der Waals surface area contributed by atoms with Crippen LogP contribution in [0.25, 0.3) is 11.3 Å². The molecular weight excluding hydrogens is 419 g/mol. The maximum absolute atomic E-state index is 14.5. The monoisotopic (exact) mass is 440 g/mol. The third-order valence-electron chi connectivity index (χ3n) is 6.44. The number of aromatic nitrogens is 2. The molecule has 1 aromatic heterocycles. The predicted molar refractivity (Wildman–Crippen MR) is 103 cm³/mol. The number of halogens is 5. The zero-order valence-electron chi connectivity index (χ0n) is 16.8. The summed E-state index contributed by atoms with van der Waals surface area (Å²) >= 11 is 0. The van der Waals surface area contributed by atoms with E-state index in [1.165, 1.54) is 0 Å². The van der Waals surface area contributed by atoms with Crippen molar-refractivity contribution in [2.45, 2.75) is 49.9 Å². The smallest absolute Gasteiger partial charge is 0.377 e. The first-order chi connectivity index (χ1) is 14.5. The molecule has 3 aliphatic rings. The van der Waals surface area contributed by atoms with Gasteiger partial charge in [-0.25, -0.2) is 9.97 Å². The van der Waals surface area contributed by atoms with Crippen molar-refractivity contribution in [2.24, 2.45) is 5.73 Å². The Bertz CT molecular complexity index is 1050. The van der Waals surface area contributed by atoms with Gasteiger partial charge in [0, 0.05) is 24.1 Å². The Balaban J connectivity index is 1.61. The largest absolute Gasteiger partial charge is 0.408 e. The summed E-state index contributed by atoms with van der Waals surface area (Å²) in [5, 5.41) is 0. The average molecular weight is 440 g/mol. The summed E-state index contributed by atoms with van der Waals surface area (Å²) in [5.74, 6) is -3.49. The van der Waals surface area contributed by atoms with E-state index in [0.717, 1.165) is 16.0 Å². The Hall–Kier alpha value is -2.33. The molecular formula is C21H21F5N4O. The second-order valence-electron chi connectivity index (χ2n) is 8.62. The van der Waals surface area contributed by atoms with Gasteiger partial charge in [-0.05, 0) is 37.0 Å². The van der Waals surface area contributed by atoms with Gasteiger partial charge in [0.05, 0.1) is 24.4 Å². The molecule has 3 heterocycles. The molecule has 0 spiro atoms.